The second-order valence-electron chi connectivity index (χ2n) is 10.1. The molecule has 2 atom stereocenters. The number of amides is 3. The summed E-state index contributed by atoms with van der Waals surface area (Å²) in [5.41, 5.74) is 1.05. The minimum absolute atomic E-state index is 0.0429. The average Bonchev–Trinajstić information content (AvgIpc) is 2.74. The van der Waals surface area contributed by atoms with Crippen molar-refractivity contribution in [2.24, 2.45) is 0 Å². The van der Waals surface area contributed by atoms with Gasteiger partial charge in [-0.15, -0.1) is 0 Å². The van der Waals surface area contributed by atoms with Crippen LogP contribution in [0.4, 0.5) is 10.5 Å². The fraction of sp³-hybridized carbons (Fsp3) is 0.444. The molecule has 0 saturated heterocycles. The molecule has 1 fully saturated rings. The smallest absolute Gasteiger partial charge is 0.408 e. The predicted molar refractivity (Wildman–Crippen MR) is 139 cm³/mol. The van der Waals surface area contributed by atoms with Gasteiger partial charge in [-0.25, -0.2) is 4.79 Å². The number of aryl methyl sites for hydroxylation is 1. The zero-order chi connectivity index (χ0) is 26.6. The number of alkyl carbamates (subject to hydrolysis) is 1. The molecular weight excluding hydrogens is 482 g/mol. The number of rotatable bonds is 7. The number of hydrogen-bond donors (Lipinski definition) is 3. The Morgan fingerprint density at radius 1 is 1.11 bits per heavy atom. The van der Waals surface area contributed by atoms with Crippen LogP contribution in [0, 0.1) is 6.92 Å². The Hall–Kier alpha value is -3.26. The van der Waals surface area contributed by atoms with Crippen molar-refractivity contribution in [1.29, 1.82) is 0 Å². The van der Waals surface area contributed by atoms with E-state index >= 15 is 0 Å². The van der Waals surface area contributed by atoms with Crippen LogP contribution in [0.2, 0.25) is 5.02 Å². The van der Waals surface area contributed by atoms with Gasteiger partial charge in [0.2, 0.25) is 5.91 Å². The van der Waals surface area contributed by atoms with Crippen molar-refractivity contribution >= 4 is 35.2 Å². The lowest BCUT2D eigenvalue weighted by atomic mass is 9.88. The summed E-state index contributed by atoms with van der Waals surface area (Å²) >= 11 is 6.36. The van der Waals surface area contributed by atoms with Crippen molar-refractivity contribution in [3.63, 3.8) is 0 Å². The summed E-state index contributed by atoms with van der Waals surface area (Å²) < 4.78 is 5.31. The van der Waals surface area contributed by atoms with Gasteiger partial charge in [-0.1, -0.05) is 35.9 Å². The number of anilines is 1. The molecule has 3 N–H and O–H groups in total. The number of aromatic hydroxyl groups is 1. The normalized spacial score (nSPS) is 15.3. The van der Waals surface area contributed by atoms with E-state index in [0.717, 1.165) is 24.8 Å². The van der Waals surface area contributed by atoms with Crippen LogP contribution in [0.1, 0.15) is 64.1 Å². The lowest BCUT2D eigenvalue weighted by molar-refractivity contribution is -0.145. The van der Waals surface area contributed by atoms with Crippen molar-refractivity contribution in [1.82, 2.24) is 10.2 Å². The molecule has 1 saturated carbocycles. The lowest BCUT2D eigenvalue weighted by Gasteiger charge is -2.43. The van der Waals surface area contributed by atoms with Gasteiger partial charge in [0.15, 0.2) is 0 Å². The number of hydrogen-bond acceptors (Lipinski definition) is 5. The largest absolute Gasteiger partial charge is 0.508 e. The summed E-state index contributed by atoms with van der Waals surface area (Å²) in [4.78, 5) is 41.4. The Morgan fingerprint density at radius 3 is 2.28 bits per heavy atom. The maximum absolute atomic E-state index is 13.8. The molecule has 0 spiro atoms. The van der Waals surface area contributed by atoms with Gasteiger partial charge in [-0.2, -0.15) is 0 Å². The van der Waals surface area contributed by atoms with Crippen LogP contribution in [0.3, 0.4) is 0 Å². The van der Waals surface area contributed by atoms with Gasteiger partial charge in [-0.05, 0) is 83.2 Å². The van der Waals surface area contributed by atoms with Crippen LogP contribution in [0.25, 0.3) is 0 Å². The summed E-state index contributed by atoms with van der Waals surface area (Å²) in [5.74, 6) is -0.808. The summed E-state index contributed by atoms with van der Waals surface area (Å²) in [6.07, 6.45) is 1.68. The third-order valence-electron chi connectivity index (χ3n) is 6.03. The van der Waals surface area contributed by atoms with Gasteiger partial charge < -0.3 is 25.4 Å². The highest BCUT2D eigenvalue weighted by Crippen LogP contribution is 2.35. The van der Waals surface area contributed by atoms with Crippen LogP contribution in [-0.2, 0) is 14.3 Å². The molecule has 9 heteroatoms. The van der Waals surface area contributed by atoms with Crippen LogP contribution in [0.15, 0.2) is 42.5 Å². The zero-order valence-corrected chi connectivity index (χ0v) is 22.1. The van der Waals surface area contributed by atoms with Gasteiger partial charge in [0.25, 0.3) is 5.91 Å². The van der Waals surface area contributed by atoms with Crippen molar-refractivity contribution in [2.75, 3.05) is 5.32 Å². The predicted octanol–water partition coefficient (Wildman–Crippen LogP) is 5.33. The number of ether oxygens (including phenoxy) is 1. The van der Waals surface area contributed by atoms with E-state index in [1.54, 1.807) is 56.9 Å². The van der Waals surface area contributed by atoms with Crippen LogP contribution in [-0.4, -0.2) is 45.6 Å². The minimum atomic E-state index is -1.01. The Labute approximate surface area is 217 Å². The monoisotopic (exact) mass is 515 g/mol. The number of para-hydroxylation sites is 1. The first-order valence-electron chi connectivity index (χ1n) is 12.0. The Morgan fingerprint density at radius 2 is 1.75 bits per heavy atom. The Balaban J connectivity index is 1.97. The van der Waals surface area contributed by atoms with Gasteiger partial charge in [0.05, 0.1) is 10.7 Å². The number of phenols is 1. The molecule has 0 heterocycles. The molecule has 3 rings (SSSR count). The van der Waals surface area contributed by atoms with E-state index in [0.29, 0.717) is 16.3 Å². The van der Waals surface area contributed by atoms with E-state index in [1.807, 2.05) is 13.0 Å². The van der Waals surface area contributed by atoms with Crippen LogP contribution < -0.4 is 10.6 Å². The van der Waals surface area contributed by atoms with Crippen LogP contribution in [0.5, 0.6) is 5.75 Å². The molecule has 8 nitrogen and oxygen atoms in total. The molecule has 2 aromatic rings. The molecule has 1 aliphatic carbocycles. The van der Waals surface area contributed by atoms with Gasteiger partial charge >= 0.3 is 6.09 Å². The SMILES string of the molecule is Cc1cccc(Cl)c1NC(=O)C(c1ccc(O)cc1)N(C(=O)C(C)NC(=O)OC(C)(C)C)C1CCC1. The Kier molecular flexibility index (Phi) is 8.51. The van der Waals surface area contributed by atoms with Gasteiger partial charge in [0.1, 0.15) is 23.4 Å². The molecule has 2 unspecified atom stereocenters. The van der Waals surface area contributed by atoms with Crippen LogP contribution >= 0.6 is 11.6 Å². The lowest BCUT2D eigenvalue weighted by Crippen LogP contribution is -2.56. The second-order valence-corrected chi connectivity index (χ2v) is 10.5. The number of carbonyl (C=O) groups is 3. The summed E-state index contributed by atoms with van der Waals surface area (Å²) in [6.45, 7) is 8.62. The van der Waals surface area contributed by atoms with Crippen molar-refractivity contribution < 1.29 is 24.2 Å². The van der Waals surface area contributed by atoms with Crippen molar-refractivity contribution in [2.45, 2.75) is 77.6 Å². The maximum Gasteiger partial charge on any atom is 0.408 e. The second kappa shape index (κ2) is 11.2. The zero-order valence-electron chi connectivity index (χ0n) is 21.3. The van der Waals surface area contributed by atoms with E-state index in [4.69, 9.17) is 16.3 Å². The molecule has 0 aliphatic heterocycles. The van der Waals surface area contributed by atoms with Gasteiger partial charge in [0, 0.05) is 6.04 Å². The van der Waals surface area contributed by atoms with E-state index in [-0.39, 0.29) is 11.8 Å². The average molecular weight is 516 g/mol. The van der Waals surface area contributed by atoms with E-state index in [9.17, 15) is 19.5 Å². The summed E-state index contributed by atoms with van der Waals surface area (Å²) in [5, 5.41) is 15.7. The highest BCUT2D eigenvalue weighted by atomic mass is 35.5. The molecule has 3 amide bonds. The first-order valence-corrected chi connectivity index (χ1v) is 12.4. The fourth-order valence-corrected chi connectivity index (χ4v) is 4.30. The quantitative estimate of drug-likeness (QED) is 0.462. The first kappa shape index (κ1) is 27.3. The molecule has 0 aromatic heterocycles. The van der Waals surface area contributed by atoms with E-state index in [1.165, 1.54) is 12.1 Å². The molecule has 2 aromatic carbocycles. The highest BCUT2D eigenvalue weighted by Gasteiger charge is 2.41. The number of carbonyl (C=O) groups excluding carboxylic acids is 3. The van der Waals surface area contributed by atoms with E-state index in [2.05, 4.69) is 10.6 Å². The van der Waals surface area contributed by atoms with Gasteiger partial charge in [-0.3, -0.25) is 9.59 Å². The summed E-state index contributed by atoms with van der Waals surface area (Å²) in [6, 6.07) is 9.35. The molecule has 194 valence electrons. The number of halogens is 1. The minimum Gasteiger partial charge on any atom is -0.508 e. The number of benzene rings is 2. The summed E-state index contributed by atoms with van der Waals surface area (Å²) in [7, 11) is 0. The molecule has 36 heavy (non-hydrogen) atoms. The van der Waals surface area contributed by atoms with E-state index < -0.39 is 35.6 Å². The number of nitrogens with one attached hydrogen (secondary N) is 2. The third kappa shape index (κ3) is 6.69. The standard InChI is InChI=1S/C27H34ClN3O5/c1-16-8-6-11-21(28)22(16)30-24(33)23(18-12-14-20(32)15-13-18)31(19-9-7-10-19)25(34)17(2)29-26(35)36-27(3,4)5/h6,8,11-15,17,19,23,32H,7,9-10H2,1-5H3,(H,29,35)(H,30,33). The molecule has 1 aliphatic rings. The molecule has 0 bridgehead atoms. The molecule has 0 radical (unpaired) electrons. The maximum atomic E-state index is 13.8. The Bertz CT molecular complexity index is 1090. The van der Waals surface area contributed by atoms with Crippen molar-refractivity contribution in [3.8, 4) is 5.75 Å². The topological polar surface area (TPSA) is 108 Å². The molecular formula is C27H34ClN3O5. The highest BCUT2D eigenvalue weighted by molar-refractivity contribution is 6.34. The number of phenolic OH excluding ortho intramolecular Hbond substituents is 1. The first-order chi connectivity index (χ1) is 16.9. The third-order valence-corrected chi connectivity index (χ3v) is 6.35. The van der Waals surface area contributed by atoms with Crippen molar-refractivity contribution in [3.05, 3.63) is 58.6 Å². The fourth-order valence-electron chi connectivity index (χ4n) is 4.03. The number of nitrogens with zero attached hydrogens (tertiary/aromatic N) is 1.